The van der Waals surface area contributed by atoms with Crippen molar-refractivity contribution in [1.82, 2.24) is 5.32 Å². The van der Waals surface area contributed by atoms with Crippen molar-refractivity contribution >= 4 is 21.8 Å². The van der Waals surface area contributed by atoms with Crippen molar-refractivity contribution in [3.8, 4) is 5.75 Å². The highest BCUT2D eigenvalue weighted by atomic mass is 79.9. The smallest absolute Gasteiger partial charge is 0.251 e. The number of phenolic OH excluding ortho intramolecular Hbond substituents is 1. The first kappa shape index (κ1) is 13.4. The summed E-state index contributed by atoms with van der Waals surface area (Å²) < 4.78 is 0. The van der Waals surface area contributed by atoms with Crippen LogP contribution in [-0.4, -0.2) is 21.9 Å². The predicted molar refractivity (Wildman–Crippen MR) is 75.3 cm³/mol. The molecule has 0 radical (unpaired) electrons. The third-order valence-electron chi connectivity index (χ3n) is 3.67. The van der Waals surface area contributed by atoms with Crippen LogP contribution in [0.4, 0.5) is 0 Å². The standard InChI is InChI=1S/C14H18BrNO2/c1-10-4-5-11(8-12(10)17)13(18)16-14(9-15)6-2-3-7-14/h4-5,8,17H,2-3,6-7,9H2,1H3,(H,16,18). The van der Waals surface area contributed by atoms with Gasteiger partial charge in [0.15, 0.2) is 0 Å². The van der Waals surface area contributed by atoms with Crippen molar-refractivity contribution in [3.63, 3.8) is 0 Å². The zero-order valence-electron chi connectivity index (χ0n) is 10.5. The molecule has 2 N–H and O–H groups in total. The van der Waals surface area contributed by atoms with E-state index in [1.807, 2.05) is 6.92 Å². The molecule has 3 nitrogen and oxygen atoms in total. The van der Waals surface area contributed by atoms with E-state index < -0.39 is 0 Å². The predicted octanol–water partition coefficient (Wildman–Crippen LogP) is 3.14. The number of hydrogen-bond donors (Lipinski definition) is 2. The van der Waals surface area contributed by atoms with Crippen LogP contribution in [0.1, 0.15) is 41.6 Å². The van der Waals surface area contributed by atoms with Gasteiger partial charge in [0.1, 0.15) is 5.75 Å². The first-order valence-corrected chi connectivity index (χ1v) is 7.37. The van der Waals surface area contributed by atoms with Crippen LogP contribution in [0.3, 0.4) is 0 Å². The van der Waals surface area contributed by atoms with Crippen molar-refractivity contribution in [3.05, 3.63) is 29.3 Å². The van der Waals surface area contributed by atoms with Crippen molar-refractivity contribution < 1.29 is 9.90 Å². The molecule has 18 heavy (non-hydrogen) atoms. The monoisotopic (exact) mass is 311 g/mol. The Balaban J connectivity index is 2.13. The van der Waals surface area contributed by atoms with E-state index in [4.69, 9.17) is 0 Å². The number of aryl methyl sites for hydroxylation is 1. The molecule has 0 heterocycles. The van der Waals surface area contributed by atoms with Gasteiger partial charge in [-0.25, -0.2) is 0 Å². The zero-order valence-corrected chi connectivity index (χ0v) is 12.1. The summed E-state index contributed by atoms with van der Waals surface area (Å²) in [4.78, 5) is 12.2. The Hall–Kier alpha value is -1.03. The van der Waals surface area contributed by atoms with Crippen molar-refractivity contribution in [2.75, 3.05) is 5.33 Å². The van der Waals surface area contributed by atoms with Gasteiger partial charge in [-0.1, -0.05) is 34.8 Å². The molecule has 98 valence electrons. The van der Waals surface area contributed by atoms with Gasteiger partial charge in [0, 0.05) is 10.9 Å². The second kappa shape index (κ2) is 5.31. The van der Waals surface area contributed by atoms with Gasteiger partial charge < -0.3 is 10.4 Å². The van der Waals surface area contributed by atoms with E-state index in [2.05, 4.69) is 21.2 Å². The number of halogens is 1. The molecule has 1 fully saturated rings. The van der Waals surface area contributed by atoms with Gasteiger partial charge in [-0.15, -0.1) is 0 Å². The quantitative estimate of drug-likeness (QED) is 0.843. The number of rotatable bonds is 3. The van der Waals surface area contributed by atoms with Gasteiger partial charge in [0.2, 0.25) is 0 Å². The number of alkyl halides is 1. The van der Waals surface area contributed by atoms with Crippen LogP contribution >= 0.6 is 15.9 Å². The summed E-state index contributed by atoms with van der Waals surface area (Å²) in [6.07, 6.45) is 4.35. The molecule has 1 saturated carbocycles. The molecule has 0 atom stereocenters. The second-order valence-corrected chi connectivity index (χ2v) is 5.64. The molecule has 1 aromatic rings. The highest BCUT2D eigenvalue weighted by Crippen LogP contribution is 2.31. The number of carbonyl (C=O) groups is 1. The van der Waals surface area contributed by atoms with E-state index in [9.17, 15) is 9.90 Å². The third-order valence-corrected chi connectivity index (χ3v) is 4.74. The molecule has 0 aromatic heterocycles. The maximum absolute atomic E-state index is 12.2. The van der Waals surface area contributed by atoms with Gasteiger partial charge in [0.05, 0.1) is 5.54 Å². The van der Waals surface area contributed by atoms with E-state index >= 15 is 0 Å². The lowest BCUT2D eigenvalue weighted by Gasteiger charge is -2.28. The topological polar surface area (TPSA) is 49.3 Å². The minimum Gasteiger partial charge on any atom is -0.508 e. The summed E-state index contributed by atoms with van der Waals surface area (Å²) in [5.41, 5.74) is 1.19. The minimum atomic E-state index is -0.114. The van der Waals surface area contributed by atoms with Crippen LogP contribution in [0.15, 0.2) is 18.2 Å². The van der Waals surface area contributed by atoms with E-state index in [-0.39, 0.29) is 17.2 Å². The van der Waals surface area contributed by atoms with E-state index in [1.165, 1.54) is 6.07 Å². The third kappa shape index (κ3) is 2.69. The summed E-state index contributed by atoms with van der Waals surface area (Å²) in [6.45, 7) is 1.81. The van der Waals surface area contributed by atoms with Gasteiger partial charge in [-0.05, 0) is 37.5 Å². The molecule has 4 heteroatoms. The fraction of sp³-hybridized carbons (Fsp3) is 0.500. The number of phenols is 1. The lowest BCUT2D eigenvalue weighted by Crippen LogP contribution is -2.47. The Labute approximate surface area is 116 Å². The molecule has 1 aliphatic rings. The van der Waals surface area contributed by atoms with E-state index in [0.29, 0.717) is 5.56 Å². The largest absolute Gasteiger partial charge is 0.508 e. The number of benzene rings is 1. The maximum atomic E-state index is 12.2. The Morgan fingerprint density at radius 2 is 2.11 bits per heavy atom. The van der Waals surface area contributed by atoms with Crippen LogP contribution in [0.5, 0.6) is 5.75 Å². The Morgan fingerprint density at radius 3 is 2.67 bits per heavy atom. The fourth-order valence-electron chi connectivity index (χ4n) is 2.41. The zero-order chi connectivity index (χ0) is 13.2. The van der Waals surface area contributed by atoms with Crippen molar-refractivity contribution in [2.24, 2.45) is 0 Å². The van der Waals surface area contributed by atoms with Crippen LogP contribution in [0.25, 0.3) is 0 Å². The Morgan fingerprint density at radius 1 is 1.44 bits per heavy atom. The number of nitrogens with one attached hydrogen (secondary N) is 1. The lowest BCUT2D eigenvalue weighted by molar-refractivity contribution is 0.0910. The highest BCUT2D eigenvalue weighted by Gasteiger charge is 2.34. The molecule has 0 bridgehead atoms. The first-order chi connectivity index (χ1) is 8.56. The summed E-state index contributed by atoms with van der Waals surface area (Å²) in [7, 11) is 0. The molecule has 0 unspecified atom stereocenters. The van der Waals surface area contributed by atoms with Crippen LogP contribution in [0, 0.1) is 6.92 Å². The Bertz CT molecular complexity index is 453. The van der Waals surface area contributed by atoms with Crippen LogP contribution in [0.2, 0.25) is 0 Å². The summed E-state index contributed by atoms with van der Waals surface area (Å²) >= 11 is 3.50. The second-order valence-electron chi connectivity index (χ2n) is 5.08. The molecule has 0 aliphatic heterocycles. The van der Waals surface area contributed by atoms with Gasteiger partial charge in [-0.2, -0.15) is 0 Å². The summed E-state index contributed by atoms with van der Waals surface area (Å²) in [5.74, 6) is 0.0635. The average molecular weight is 312 g/mol. The maximum Gasteiger partial charge on any atom is 0.251 e. The number of amides is 1. The van der Waals surface area contributed by atoms with Crippen molar-refractivity contribution in [2.45, 2.75) is 38.1 Å². The molecular weight excluding hydrogens is 294 g/mol. The normalized spacial score (nSPS) is 17.7. The highest BCUT2D eigenvalue weighted by molar-refractivity contribution is 9.09. The summed E-state index contributed by atoms with van der Waals surface area (Å²) in [6, 6.07) is 5.04. The number of carbonyl (C=O) groups excluding carboxylic acids is 1. The molecule has 1 amide bonds. The van der Waals surface area contributed by atoms with Crippen LogP contribution < -0.4 is 5.32 Å². The first-order valence-electron chi connectivity index (χ1n) is 6.24. The van der Waals surface area contributed by atoms with Gasteiger partial charge in [-0.3, -0.25) is 4.79 Å². The molecule has 2 rings (SSSR count). The van der Waals surface area contributed by atoms with Gasteiger partial charge in [0.25, 0.3) is 5.91 Å². The van der Waals surface area contributed by atoms with E-state index in [0.717, 1.165) is 36.6 Å². The number of hydrogen-bond acceptors (Lipinski definition) is 2. The molecule has 1 aliphatic carbocycles. The lowest BCUT2D eigenvalue weighted by atomic mass is 9.99. The van der Waals surface area contributed by atoms with E-state index in [1.54, 1.807) is 12.1 Å². The molecule has 0 spiro atoms. The number of aromatic hydroxyl groups is 1. The Kier molecular flexibility index (Phi) is 3.95. The fourth-order valence-corrected chi connectivity index (χ4v) is 3.11. The minimum absolute atomic E-state index is 0.105. The molecule has 0 saturated heterocycles. The molecular formula is C14H18BrNO2. The summed E-state index contributed by atoms with van der Waals surface area (Å²) in [5, 5.41) is 13.5. The van der Waals surface area contributed by atoms with Crippen molar-refractivity contribution in [1.29, 1.82) is 0 Å². The SMILES string of the molecule is Cc1ccc(C(=O)NC2(CBr)CCCC2)cc1O. The van der Waals surface area contributed by atoms with Crippen LogP contribution in [-0.2, 0) is 0 Å². The average Bonchev–Trinajstić information content (AvgIpc) is 2.82. The molecule has 1 aromatic carbocycles. The van der Waals surface area contributed by atoms with Gasteiger partial charge >= 0.3 is 0 Å².